The number of nitrogens with two attached hydrogens (primary N) is 1. The van der Waals surface area contributed by atoms with Gasteiger partial charge >= 0.3 is 0 Å². The molecule has 2 heteroatoms. The molecule has 0 amide bonds. The van der Waals surface area contributed by atoms with Crippen molar-refractivity contribution < 1.29 is 0 Å². The molecule has 2 N–H and O–H groups in total. The van der Waals surface area contributed by atoms with Gasteiger partial charge < -0.3 is 5.73 Å². The molecule has 0 bridgehead atoms. The molecule has 0 unspecified atom stereocenters. The van der Waals surface area contributed by atoms with Crippen molar-refractivity contribution in [3.05, 3.63) is 47.7 Å². The van der Waals surface area contributed by atoms with E-state index < -0.39 is 0 Å². The first kappa shape index (κ1) is 9.52. The van der Waals surface area contributed by atoms with Crippen LogP contribution in [0.1, 0.15) is 13.8 Å². The molecule has 1 heterocycles. The average molecular weight is 174 g/mol. The van der Waals surface area contributed by atoms with Gasteiger partial charge in [0.25, 0.3) is 0 Å². The summed E-state index contributed by atoms with van der Waals surface area (Å²) in [7, 11) is 0. The second-order valence-electron chi connectivity index (χ2n) is 2.82. The van der Waals surface area contributed by atoms with E-state index >= 15 is 0 Å². The molecule has 0 saturated heterocycles. The van der Waals surface area contributed by atoms with Crippen molar-refractivity contribution in [3.8, 4) is 0 Å². The smallest absolute Gasteiger partial charge is 0.130 e. The number of amidine groups is 1. The Balaban J connectivity index is 3.13. The maximum absolute atomic E-state index is 5.70. The summed E-state index contributed by atoms with van der Waals surface area (Å²) in [4.78, 5) is 3.98. The van der Waals surface area contributed by atoms with Crippen LogP contribution in [-0.2, 0) is 0 Å². The molecule has 2 nitrogen and oxygen atoms in total. The Labute approximate surface area is 78.9 Å². The number of rotatable bonds is 2. The van der Waals surface area contributed by atoms with Crippen LogP contribution in [0.25, 0.3) is 0 Å². The van der Waals surface area contributed by atoms with Gasteiger partial charge in [0.1, 0.15) is 5.84 Å². The summed E-state index contributed by atoms with van der Waals surface area (Å²) in [6, 6.07) is 0. The Morgan fingerprint density at radius 3 is 2.69 bits per heavy atom. The van der Waals surface area contributed by atoms with Gasteiger partial charge in [-0.2, -0.15) is 0 Å². The van der Waals surface area contributed by atoms with E-state index in [0.717, 1.165) is 16.7 Å². The van der Waals surface area contributed by atoms with Gasteiger partial charge in [0.15, 0.2) is 0 Å². The second kappa shape index (κ2) is 3.90. The van der Waals surface area contributed by atoms with Crippen molar-refractivity contribution in [3.63, 3.8) is 0 Å². The first-order valence-corrected chi connectivity index (χ1v) is 4.21. The molecule has 1 aliphatic heterocycles. The summed E-state index contributed by atoms with van der Waals surface area (Å²) < 4.78 is 0. The van der Waals surface area contributed by atoms with Crippen molar-refractivity contribution >= 4 is 5.84 Å². The number of allylic oxidation sites excluding steroid dienone is 4. The Bertz CT molecular complexity index is 341. The quantitative estimate of drug-likeness (QED) is 0.641. The molecular weight excluding hydrogens is 160 g/mol. The highest BCUT2D eigenvalue weighted by Gasteiger charge is 2.08. The van der Waals surface area contributed by atoms with E-state index in [1.165, 1.54) is 0 Å². The molecule has 0 aliphatic carbocycles. The van der Waals surface area contributed by atoms with Gasteiger partial charge in [-0.3, -0.25) is 0 Å². The van der Waals surface area contributed by atoms with Crippen molar-refractivity contribution in [1.82, 2.24) is 0 Å². The van der Waals surface area contributed by atoms with E-state index in [1.54, 1.807) is 6.20 Å². The summed E-state index contributed by atoms with van der Waals surface area (Å²) in [5, 5.41) is 0. The summed E-state index contributed by atoms with van der Waals surface area (Å²) in [6.45, 7) is 7.74. The number of hydrogen-bond donors (Lipinski definition) is 1. The lowest BCUT2D eigenvalue weighted by Gasteiger charge is -2.05. The van der Waals surface area contributed by atoms with Crippen LogP contribution < -0.4 is 5.73 Å². The Hall–Kier alpha value is -1.57. The lowest BCUT2D eigenvalue weighted by Crippen LogP contribution is -2.12. The zero-order chi connectivity index (χ0) is 9.84. The minimum atomic E-state index is 0.582. The minimum absolute atomic E-state index is 0.582. The van der Waals surface area contributed by atoms with Gasteiger partial charge in [0, 0.05) is 11.8 Å². The standard InChI is InChI=1S/C11H14N2/c1-4-9(5-2)8(3)10-6-7-13-11(10)12/h4-7H,1H2,2-3H3,(H2,12,13)/b9-5+,10-8+. The fraction of sp³-hybridized carbons (Fsp3) is 0.182. The minimum Gasteiger partial charge on any atom is -0.383 e. The van der Waals surface area contributed by atoms with Gasteiger partial charge in [-0.1, -0.05) is 18.7 Å². The van der Waals surface area contributed by atoms with Crippen LogP contribution in [0.4, 0.5) is 0 Å². The lowest BCUT2D eigenvalue weighted by atomic mass is 10.0. The largest absolute Gasteiger partial charge is 0.383 e. The lowest BCUT2D eigenvalue weighted by molar-refractivity contribution is 1.38. The van der Waals surface area contributed by atoms with Crippen molar-refractivity contribution in [2.45, 2.75) is 13.8 Å². The van der Waals surface area contributed by atoms with Crippen LogP contribution in [0.3, 0.4) is 0 Å². The highest BCUT2D eigenvalue weighted by atomic mass is 14.9. The van der Waals surface area contributed by atoms with Crippen LogP contribution >= 0.6 is 0 Å². The second-order valence-corrected chi connectivity index (χ2v) is 2.82. The zero-order valence-corrected chi connectivity index (χ0v) is 8.04. The van der Waals surface area contributed by atoms with Gasteiger partial charge in [-0.05, 0) is 31.1 Å². The Morgan fingerprint density at radius 1 is 1.62 bits per heavy atom. The molecule has 0 aromatic heterocycles. The van der Waals surface area contributed by atoms with Gasteiger partial charge in [-0.15, -0.1) is 0 Å². The van der Waals surface area contributed by atoms with E-state index in [2.05, 4.69) is 11.6 Å². The first-order valence-electron chi connectivity index (χ1n) is 4.21. The molecule has 0 radical (unpaired) electrons. The molecule has 0 saturated carbocycles. The first-order chi connectivity index (χ1) is 6.20. The van der Waals surface area contributed by atoms with Crippen LogP contribution in [0.15, 0.2) is 52.7 Å². The molecule has 0 fully saturated rings. The predicted octanol–water partition coefficient (Wildman–Crippen LogP) is 2.32. The van der Waals surface area contributed by atoms with Gasteiger partial charge in [-0.25, -0.2) is 4.99 Å². The summed E-state index contributed by atoms with van der Waals surface area (Å²) in [5.74, 6) is 0.582. The van der Waals surface area contributed by atoms with Gasteiger partial charge in [0.05, 0.1) is 0 Å². The van der Waals surface area contributed by atoms with E-state index in [0.29, 0.717) is 5.84 Å². The molecule has 13 heavy (non-hydrogen) atoms. The summed E-state index contributed by atoms with van der Waals surface area (Å²) >= 11 is 0. The van der Waals surface area contributed by atoms with Crippen LogP contribution in [-0.4, -0.2) is 5.84 Å². The molecule has 0 aromatic rings. The van der Waals surface area contributed by atoms with E-state index in [1.807, 2.05) is 32.1 Å². The number of hydrogen-bond acceptors (Lipinski definition) is 2. The third-order valence-corrected chi connectivity index (χ3v) is 2.10. The molecule has 68 valence electrons. The number of aliphatic imine (C=N–C) groups is 1. The monoisotopic (exact) mass is 174 g/mol. The fourth-order valence-corrected chi connectivity index (χ4v) is 1.31. The predicted molar refractivity (Wildman–Crippen MR) is 57.4 cm³/mol. The average Bonchev–Trinajstić information content (AvgIpc) is 2.53. The normalized spacial score (nSPS) is 20.2. The molecule has 1 aliphatic rings. The highest BCUT2D eigenvalue weighted by molar-refractivity contribution is 6.03. The molecule has 1 rings (SSSR count). The maximum Gasteiger partial charge on any atom is 0.130 e. The van der Waals surface area contributed by atoms with Crippen molar-refractivity contribution in [2.75, 3.05) is 0 Å². The fourth-order valence-electron chi connectivity index (χ4n) is 1.31. The summed E-state index contributed by atoms with van der Waals surface area (Å²) in [5.41, 5.74) is 8.90. The SMILES string of the molecule is C=CC(=C\C)/C(C)=C1\C=CN=C1N. The maximum atomic E-state index is 5.70. The van der Waals surface area contributed by atoms with E-state index in [-0.39, 0.29) is 0 Å². The summed E-state index contributed by atoms with van der Waals surface area (Å²) in [6.07, 6.45) is 7.46. The third kappa shape index (κ3) is 1.78. The van der Waals surface area contributed by atoms with Crippen LogP contribution in [0, 0.1) is 0 Å². The topological polar surface area (TPSA) is 38.4 Å². The number of nitrogens with zero attached hydrogens (tertiary/aromatic N) is 1. The molecular formula is C11H14N2. The van der Waals surface area contributed by atoms with E-state index in [4.69, 9.17) is 5.73 Å². The van der Waals surface area contributed by atoms with Crippen LogP contribution in [0.5, 0.6) is 0 Å². The molecule has 0 atom stereocenters. The van der Waals surface area contributed by atoms with Crippen molar-refractivity contribution in [2.24, 2.45) is 10.7 Å². The van der Waals surface area contributed by atoms with Crippen LogP contribution in [0.2, 0.25) is 0 Å². The zero-order valence-electron chi connectivity index (χ0n) is 8.04. The molecule has 0 aromatic carbocycles. The van der Waals surface area contributed by atoms with E-state index in [9.17, 15) is 0 Å². The van der Waals surface area contributed by atoms with Gasteiger partial charge in [0.2, 0.25) is 0 Å². The Morgan fingerprint density at radius 2 is 2.31 bits per heavy atom. The molecule has 0 spiro atoms. The highest BCUT2D eigenvalue weighted by Crippen LogP contribution is 2.19. The third-order valence-electron chi connectivity index (χ3n) is 2.10. The van der Waals surface area contributed by atoms with Crippen molar-refractivity contribution in [1.29, 1.82) is 0 Å². The Kier molecular flexibility index (Phi) is 2.85.